The Balaban J connectivity index is 2.75. The molecule has 0 aliphatic heterocycles. The van der Waals surface area contributed by atoms with Crippen molar-refractivity contribution >= 4 is 34.6 Å². The van der Waals surface area contributed by atoms with Crippen LogP contribution in [0.3, 0.4) is 0 Å². The van der Waals surface area contributed by atoms with Gasteiger partial charge in [0.15, 0.2) is 0 Å². The highest BCUT2D eigenvalue weighted by Crippen LogP contribution is 2.11. The molecule has 0 spiro atoms. The number of hydrogen-bond acceptors (Lipinski definition) is 5. The number of nitrogens with one attached hydrogen (secondary N) is 1. The van der Waals surface area contributed by atoms with Crippen molar-refractivity contribution < 1.29 is 4.79 Å². The number of amides is 1. The summed E-state index contributed by atoms with van der Waals surface area (Å²) in [6.45, 7) is 3.84. The number of thiocarbonyl (C=S) groups is 1. The third kappa shape index (κ3) is 2.96. The summed E-state index contributed by atoms with van der Waals surface area (Å²) in [6.07, 6.45) is 1.36. The molecule has 1 heterocycles. The van der Waals surface area contributed by atoms with E-state index in [0.29, 0.717) is 28.4 Å². The predicted molar refractivity (Wildman–Crippen MR) is 67.6 cm³/mol. The number of carbonyl (C=O) groups excluding carboxylic acids is 1. The lowest BCUT2D eigenvalue weighted by molar-refractivity contribution is 0.0949. The van der Waals surface area contributed by atoms with Crippen LogP contribution in [0.15, 0.2) is 0 Å². The number of aryl methyl sites for hydroxylation is 1. The van der Waals surface area contributed by atoms with Gasteiger partial charge in [0.25, 0.3) is 5.91 Å². The van der Waals surface area contributed by atoms with Gasteiger partial charge >= 0.3 is 0 Å². The Kier molecular flexibility index (Phi) is 4.75. The number of nitrogens with zero attached hydrogens (tertiary/aromatic N) is 2. The summed E-state index contributed by atoms with van der Waals surface area (Å²) in [5.74, 6) is -0.202. The van der Waals surface area contributed by atoms with Crippen molar-refractivity contribution in [2.75, 3.05) is 0 Å². The van der Waals surface area contributed by atoms with Gasteiger partial charge in [0.1, 0.15) is 4.88 Å². The maximum atomic E-state index is 11.9. The van der Waals surface area contributed by atoms with Gasteiger partial charge in [0.05, 0.1) is 16.7 Å². The second-order valence-corrected chi connectivity index (χ2v) is 4.46. The number of rotatable bonds is 5. The van der Waals surface area contributed by atoms with Gasteiger partial charge in [-0.05, 0) is 24.4 Å². The van der Waals surface area contributed by atoms with E-state index in [4.69, 9.17) is 18.0 Å². The molecule has 1 amide bonds. The first-order valence-electron chi connectivity index (χ1n) is 5.01. The molecular weight excluding hydrogens is 244 g/mol. The fraction of sp³-hybridized carbons (Fsp3) is 0.556. The molecule has 1 rings (SSSR count). The van der Waals surface area contributed by atoms with Gasteiger partial charge < -0.3 is 11.1 Å². The van der Waals surface area contributed by atoms with Crippen molar-refractivity contribution in [3.63, 3.8) is 0 Å². The number of nitrogens with two attached hydrogens (primary N) is 1. The lowest BCUT2D eigenvalue weighted by Gasteiger charge is -2.14. The van der Waals surface area contributed by atoms with Crippen molar-refractivity contribution in [3.8, 4) is 0 Å². The Labute approximate surface area is 104 Å². The van der Waals surface area contributed by atoms with E-state index in [0.717, 1.165) is 11.5 Å². The minimum absolute atomic E-state index is 0.202. The zero-order valence-electron chi connectivity index (χ0n) is 9.19. The molecule has 0 aliphatic rings. The second kappa shape index (κ2) is 5.86. The molecule has 1 atom stereocenters. The van der Waals surface area contributed by atoms with Crippen LogP contribution in [-0.4, -0.2) is 26.5 Å². The molecule has 0 bridgehead atoms. The third-order valence-corrected chi connectivity index (χ3v) is 3.21. The zero-order valence-corrected chi connectivity index (χ0v) is 10.8. The van der Waals surface area contributed by atoms with Crippen molar-refractivity contribution in [1.29, 1.82) is 0 Å². The standard InChI is InChI=1S/C9H14N4OS2/c1-3-5-7(16-13-12-5)9(14)11-6(4-2)8(10)15/h6H,3-4H2,1-2H3,(H2,10,15)(H,11,14). The maximum Gasteiger partial charge on any atom is 0.265 e. The summed E-state index contributed by atoms with van der Waals surface area (Å²) in [7, 11) is 0. The third-order valence-electron chi connectivity index (χ3n) is 2.15. The van der Waals surface area contributed by atoms with Crippen LogP contribution in [0.1, 0.15) is 35.6 Å². The molecule has 0 saturated carbocycles. The topological polar surface area (TPSA) is 80.9 Å². The van der Waals surface area contributed by atoms with Crippen LogP contribution in [0.4, 0.5) is 0 Å². The van der Waals surface area contributed by atoms with Crippen molar-refractivity contribution in [1.82, 2.24) is 14.9 Å². The largest absolute Gasteiger partial charge is 0.392 e. The SMILES string of the molecule is CCc1nnsc1C(=O)NC(CC)C(N)=S. The Morgan fingerprint density at radius 2 is 2.31 bits per heavy atom. The lowest BCUT2D eigenvalue weighted by Crippen LogP contribution is -2.43. The fourth-order valence-corrected chi connectivity index (χ4v) is 2.09. The molecule has 3 N–H and O–H groups in total. The molecule has 88 valence electrons. The number of hydrogen-bond donors (Lipinski definition) is 2. The Hall–Kier alpha value is -1.08. The molecule has 0 aromatic carbocycles. The Morgan fingerprint density at radius 1 is 1.62 bits per heavy atom. The summed E-state index contributed by atoms with van der Waals surface area (Å²) in [4.78, 5) is 12.7. The van der Waals surface area contributed by atoms with Gasteiger partial charge in [0, 0.05) is 0 Å². The zero-order chi connectivity index (χ0) is 12.1. The van der Waals surface area contributed by atoms with Crippen LogP contribution in [0.25, 0.3) is 0 Å². The molecule has 5 nitrogen and oxygen atoms in total. The second-order valence-electron chi connectivity index (χ2n) is 3.24. The lowest BCUT2D eigenvalue weighted by atomic mass is 10.2. The van der Waals surface area contributed by atoms with Gasteiger partial charge in [-0.15, -0.1) is 5.10 Å². The highest BCUT2D eigenvalue weighted by atomic mass is 32.1. The van der Waals surface area contributed by atoms with Crippen molar-refractivity contribution in [2.24, 2.45) is 5.73 Å². The minimum atomic E-state index is -0.269. The van der Waals surface area contributed by atoms with Crippen LogP contribution in [-0.2, 0) is 6.42 Å². The average molecular weight is 258 g/mol. The predicted octanol–water partition coefficient (Wildman–Crippen LogP) is 0.895. The molecule has 0 radical (unpaired) electrons. The van der Waals surface area contributed by atoms with Crippen LogP contribution >= 0.6 is 23.8 Å². The van der Waals surface area contributed by atoms with E-state index in [2.05, 4.69) is 14.9 Å². The van der Waals surface area contributed by atoms with Gasteiger partial charge in [-0.25, -0.2) is 0 Å². The summed E-state index contributed by atoms with van der Waals surface area (Å²) >= 11 is 5.95. The molecule has 0 fully saturated rings. The Bertz CT molecular complexity index is 391. The molecule has 16 heavy (non-hydrogen) atoms. The summed E-state index contributed by atoms with van der Waals surface area (Å²) in [5.41, 5.74) is 6.22. The molecule has 0 saturated heterocycles. The van der Waals surface area contributed by atoms with E-state index in [1.54, 1.807) is 0 Å². The van der Waals surface area contributed by atoms with Gasteiger partial charge in [-0.3, -0.25) is 4.79 Å². The summed E-state index contributed by atoms with van der Waals surface area (Å²) in [5, 5.41) is 6.65. The van der Waals surface area contributed by atoms with Crippen LogP contribution in [0.5, 0.6) is 0 Å². The summed E-state index contributed by atoms with van der Waals surface area (Å²) in [6, 6.07) is -0.269. The minimum Gasteiger partial charge on any atom is -0.392 e. The molecule has 1 unspecified atom stereocenters. The highest BCUT2D eigenvalue weighted by molar-refractivity contribution is 7.80. The van der Waals surface area contributed by atoms with Gasteiger partial charge in [0.2, 0.25) is 0 Å². The molecular formula is C9H14N4OS2. The molecule has 7 heteroatoms. The molecule has 1 aromatic rings. The number of aromatic nitrogens is 2. The molecule has 0 aliphatic carbocycles. The van der Waals surface area contributed by atoms with Gasteiger partial charge in [-0.1, -0.05) is 30.6 Å². The van der Waals surface area contributed by atoms with Crippen LogP contribution < -0.4 is 11.1 Å². The first kappa shape index (κ1) is 13.0. The normalized spacial score (nSPS) is 12.1. The number of carbonyl (C=O) groups is 1. The average Bonchev–Trinajstić information content (AvgIpc) is 2.72. The van der Waals surface area contributed by atoms with Crippen molar-refractivity contribution in [2.45, 2.75) is 32.7 Å². The van der Waals surface area contributed by atoms with Crippen LogP contribution in [0, 0.1) is 0 Å². The van der Waals surface area contributed by atoms with E-state index in [-0.39, 0.29) is 11.9 Å². The van der Waals surface area contributed by atoms with Crippen LogP contribution in [0.2, 0.25) is 0 Å². The molecule has 1 aromatic heterocycles. The van der Waals surface area contributed by atoms with E-state index in [9.17, 15) is 4.79 Å². The summed E-state index contributed by atoms with van der Waals surface area (Å²) < 4.78 is 3.76. The quantitative estimate of drug-likeness (QED) is 0.767. The first-order chi connectivity index (χ1) is 7.60. The van der Waals surface area contributed by atoms with Crippen molar-refractivity contribution in [3.05, 3.63) is 10.6 Å². The first-order valence-corrected chi connectivity index (χ1v) is 6.19. The van der Waals surface area contributed by atoms with Gasteiger partial charge in [-0.2, -0.15) is 0 Å². The fourth-order valence-electron chi connectivity index (χ4n) is 1.21. The van der Waals surface area contributed by atoms with E-state index < -0.39 is 0 Å². The smallest absolute Gasteiger partial charge is 0.265 e. The Morgan fingerprint density at radius 3 is 2.81 bits per heavy atom. The van der Waals surface area contributed by atoms with E-state index in [1.807, 2.05) is 13.8 Å². The maximum absolute atomic E-state index is 11.9. The monoisotopic (exact) mass is 258 g/mol. The highest BCUT2D eigenvalue weighted by Gasteiger charge is 2.19. The van der Waals surface area contributed by atoms with E-state index in [1.165, 1.54) is 0 Å². The van der Waals surface area contributed by atoms with E-state index >= 15 is 0 Å².